The summed E-state index contributed by atoms with van der Waals surface area (Å²) in [6.45, 7) is 0. The summed E-state index contributed by atoms with van der Waals surface area (Å²) < 4.78 is 4.69. The first-order valence-electron chi connectivity index (χ1n) is 19.2. The molecule has 8 aromatic carbocycles. The molecule has 264 valence electrons. The molecule has 2 aliphatic rings. The SMILES string of the molecule is c1ccc(C2=NC3c4c(ccc5ccc(-c6ccc7c(c6)c6ccn(-c8ccccc8)c6c6ccn(-c8ccccc8)c76)cc45)N(c4ccccc4)C3S2)cc1. The van der Waals surface area contributed by atoms with Gasteiger partial charge in [0.1, 0.15) is 16.5 Å². The average Bonchev–Trinajstić information content (AvgIpc) is 4.07. The van der Waals surface area contributed by atoms with E-state index < -0.39 is 0 Å². The number of para-hydroxylation sites is 3. The Kier molecular flexibility index (Phi) is 6.95. The van der Waals surface area contributed by atoms with Gasteiger partial charge in [0.2, 0.25) is 0 Å². The third kappa shape index (κ3) is 4.71. The summed E-state index contributed by atoms with van der Waals surface area (Å²) in [4.78, 5) is 7.99. The van der Waals surface area contributed by atoms with Gasteiger partial charge in [-0.1, -0.05) is 127 Å². The average molecular weight is 735 g/mol. The Morgan fingerprint density at radius 3 is 1.62 bits per heavy atom. The van der Waals surface area contributed by atoms with Crippen molar-refractivity contribution in [3.63, 3.8) is 0 Å². The van der Waals surface area contributed by atoms with Gasteiger partial charge in [0.25, 0.3) is 0 Å². The minimum absolute atomic E-state index is 0.0115. The van der Waals surface area contributed by atoms with Crippen molar-refractivity contribution in [3.8, 4) is 22.5 Å². The van der Waals surface area contributed by atoms with E-state index in [9.17, 15) is 0 Å². The van der Waals surface area contributed by atoms with Gasteiger partial charge in [-0.15, -0.1) is 0 Å². The summed E-state index contributed by atoms with van der Waals surface area (Å²) in [6, 6.07) is 66.0. The smallest absolute Gasteiger partial charge is 0.113 e. The monoisotopic (exact) mass is 734 g/mol. The highest BCUT2D eigenvalue weighted by molar-refractivity contribution is 8.15. The number of hydrogen-bond acceptors (Lipinski definition) is 3. The quantitative estimate of drug-likeness (QED) is 0.176. The van der Waals surface area contributed by atoms with Gasteiger partial charge in [-0.2, -0.15) is 0 Å². The van der Waals surface area contributed by atoms with E-state index in [1.807, 2.05) is 11.8 Å². The summed E-state index contributed by atoms with van der Waals surface area (Å²) in [5.41, 5.74) is 12.1. The van der Waals surface area contributed by atoms with Crippen LogP contribution in [-0.2, 0) is 0 Å². The molecule has 0 bridgehead atoms. The number of hydrogen-bond donors (Lipinski definition) is 0. The molecule has 56 heavy (non-hydrogen) atoms. The molecule has 12 rings (SSSR count). The molecule has 0 spiro atoms. The van der Waals surface area contributed by atoms with Crippen LogP contribution in [-0.4, -0.2) is 19.6 Å². The summed E-state index contributed by atoms with van der Waals surface area (Å²) in [5, 5.41) is 8.72. The van der Waals surface area contributed by atoms with Crippen LogP contribution < -0.4 is 4.90 Å². The Morgan fingerprint density at radius 2 is 0.964 bits per heavy atom. The molecule has 2 unspecified atom stereocenters. The lowest BCUT2D eigenvalue weighted by Crippen LogP contribution is -2.24. The number of aromatic nitrogens is 2. The van der Waals surface area contributed by atoms with E-state index in [1.165, 1.54) is 77.0 Å². The van der Waals surface area contributed by atoms with E-state index in [-0.39, 0.29) is 11.4 Å². The normalized spacial score (nSPS) is 16.2. The fraction of sp³-hybridized carbons (Fsp3) is 0.0392. The van der Waals surface area contributed by atoms with E-state index in [0.717, 1.165) is 16.4 Å². The minimum atomic E-state index is 0.0115. The zero-order valence-corrected chi connectivity index (χ0v) is 31.1. The Bertz CT molecular complexity index is 3170. The van der Waals surface area contributed by atoms with Crippen LogP contribution in [0.1, 0.15) is 17.2 Å². The maximum atomic E-state index is 5.48. The number of nitrogens with zero attached hydrogens (tertiary/aromatic N) is 4. The maximum absolute atomic E-state index is 5.48. The molecular formula is C51H34N4S. The van der Waals surface area contributed by atoms with Crippen LogP contribution in [0.25, 0.3) is 65.9 Å². The van der Waals surface area contributed by atoms with E-state index in [0.29, 0.717) is 0 Å². The van der Waals surface area contributed by atoms with Crippen molar-refractivity contribution in [2.75, 3.05) is 4.90 Å². The molecule has 0 saturated heterocycles. The second-order valence-electron chi connectivity index (χ2n) is 14.7. The number of anilines is 2. The zero-order chi connectivity index (χ0) is 36.7. The first-order valence-corrected chi connectivity index (χ1v) is 20.1. The maximum Gasteiger partial charge on any atom is 0.113 e. The van der Waals surface area contributed by atoms with Gasteiger partial charge in [-0.25, -0.2) is 0 Å². The molecule has 0 amide bonds. The van der Waals surface area contributed by atoms with E-state index in [2.05, 4.69) is 208 Å². The van der Waals surface area contributed by atoms with E-state index in [1.54, 1.807) is 0 Å². The molecule has 10 aromatic rings. The first kappa shape index (κ1) is 31.5. The summed E-state index contributed by atoms with van der Waals surface area (Å²) in [7, 11) is 0. The van der Waals surface area contributed by atoms with Crippen LogP contribution in [0.15, 0.2) is 199 Å². The predicted octanol–water partition coefficient (Wildman–Crippen LogP) is 13.3. The second kappa shape index (κ2) is 12.4. The van der Waals surface area contributed by atoms with Crippen molar-refractivity contribution in [3.05, 3.63) is 206 Å². The van der Waals surface area contributed by atoms with Crippen molar-refractivity contribution in [1.29, 1.82) is 0 Å². The van der Waals surface area contributed by atoms with Gasteiger partial charge < -0.3 is 14.0 Å². The Hall–Kier alpha value is -6.82. The highest BCUT2D eigenvalue weighted by Crippen LogP contribution is 2.56. The Morgan fingerprint density at radius 1 is 0.429 bits per heavy atom. The van der Waals surface area contributed by atoms with E-state index >= 15 is 0 Å². The van der Waals surface area contributed by atoms with Crippen molar-refractivity contribution in [2.24, 2.45) is 4.99 Å². The van der Waals surface area contributed by atoms with Crippen LogP contribution in [0.2, 0.25) is 0 Å². The highest BCUT2D eigenvalue weighted by Gasteiger charge is 2.45. The molecule has 4 heterocycles. The number of benzene rings is 8. The standard InChI is InChI=1S/C51H34N4S/c1-5-13-34(14-6-1)50-52-47-46-43-31-35(22-21-33(43)24-26-45(46)55(51(47)56-50)39-19-11-4-12-20-39)36-23-25-40-44(32-36)41-27-29-53(37-15-7-2-8-16-37)49(41)42-28-30-54(48(40)42)38-17-9-3-10-18-38/h1-32,47,51H. The molecular weight excluding hydrogens is 701 g/mol. The molecule has 4 nitrogen and oxygen atoms in total. The molecule has 2 atom stereocenters. The second-order valence-corrected chi connectivity index (χ2v) is 15.8. The highest BCUT2D eigenvalue weighted by atomic mass is 32.2. The Balaban J connectivity index is 1.07. The van der Waals surface area contributed by atoms with Gasteiger partial charge in [0.15, 0.2) is 0 Å². The minimum Gasteiger partial charge on any atom is -0.326 e. The van der Waals surface area contributed by atoms with Crippen molar-refractivity contribution < 1.29 is 0 Å². The van der Waals surface area contributed by atoms with Gasteiger partial charge in [-0.3, -0.25) is 4.99 Å². The molecule has 0 radical (unpaired) electrons. The van der Waals surface area contributed by atoms with Gasteiger partial charge in [0, 0.05) is 62.4 Å². The molecule has 0 aliphatic carbocycles. The first-order chi connectivity index (χ1) is 27.8. The molecule has 0 saturated carbocycles. The van der Waals surface area contributed by atoms with Crippen LogP contribution in [0.4, 0.5) is 11.4 Å². The number of thioether (sulfide) groups is 1. The largest absolute Gasteiger partial charge is 0.326 e. The molecule has 2 aromatic heterocycles. The summed E-state index contributed by atoms with van der Waals surface area (Å²) in [5.74, 6) is 0. The molecule has 5 heteroatoms. The van der Waals surface area contributed by atoms with Crippen LogP contribution >= 0.6 is 11.8 Å². The van der Waals surface area contributed by atoms with Crippen LogP contribution in [0, 0.1) is 0 Å². The number of aliphatic imine (C=N–C) groups is 1. The van der Waals surface area contributed by atoms with Gasteiger partial charge >= 0.3 is 0 Å². The lowest BCUT2D eigenvalue weighted by atomic mass is 9.93. The predicted molar refractivity (Wildman–Crippen MR) is 236 cm³/mol. The van der Waals surface area contributed by atoms with Crippen LogP contribution in [0.5, 0.6) is 0 Å². The molecule has 2 aliphatic heterocycles. The Labute approximate surface area is 328 Å². The lowest BCUT2D eigenvalue weighted by molar-refractivity contribution is 0.752. The fourth-order valence-electron chi connectivity index (χ4n) is 9.15. The molecule has 0 N–H and O–H groups in total. The van der Waals surface area contributed by atoms with E-state index in [4.69, 9.17) is 4.99 Å². The lowest BCUT2D eigenvalue weighted by Gasteiger charge is -2.26. The summed E-state index contributed by atoms with van der Waals surface area (Å²) >= 11 is 1.88. The van der Waals surface area contributed by atoms with Crippen LogP contribution in [0.3, 0.4) is 0 Å². The number of rotatable bonds is 5. The third-order valence-corrected chi connectivity index (χ3v) is 12.9. The topological polar surface area (TPSA) is 25.5 Å². The zero-order valence-electron chi connectivity index (χ0n) is 30.3. The summed E-state index contributed by atoms with van der Waals surface area (Å²) in [6.07, 6.45) is 4.45. The van der Waals surface area contributed by atoms with Gasteiger partial charge in [0.05, 0.1) is 11.0 Å². The number of fused-ring (bicyclic) bond motifs is 11. The third-order valence-electron chi connectivity index (χ3n) is 11.7. The van der Waals surface area contributed by atoms with Gasteiger partial charge in [-0.05, 0) is 94.0 Å². The molecule has 0 fully saturated rings. The fourth-order valence-corrected chi connectivity index (χ4v) is 10.5. The van der Waals surface area contributed by atoms with Crippen molar-refractivity contribution in [1.82, 2.24) is 9.13 Å². The van der Waals surface area contributed by atoms with Crippen molar-refractivity contribution >= 4 is 71.5 Å². The van der Waals surface area contributed by atoms with Crippen molar-refractivity contribution in [2.45, 2.75) is 11.4 Å².